The third kappa shape index (κ3) is 2.59. The Morgan fingerprint density at radius 2 is 2.05 bits per heavy atom. The second kappa shape index (κ2) is 4.89. The number of aliphatic hydroxyl groups excluding tert-OH is 1. The van der Waals surface area contributed by atoms with E-state index >= 15 is 0 Å². The number of benzene rings is 1. The molecule has 1 N–H and O–H groups in total. The highest BCUT2D eigenvalue weighted by Gasteiger charge is 2.31. The number of para-hydroxylation sites is 2. The molecule has 7 heteroatoms. The van der Waals surface area contributed by atoms with Gasteiger partial charge in [-0.3, -0.25) is 0 Å². The minimum absolute atomic E-state index is 0.00968. The number of allylic oxidation sites excluding steroid dienone is 2. The van der Waals surface area contributed by atoms with Crippen molar-refractivity contribution in [2.45, 2.75) is 12.6 Å². The van der Waals surface area contributed by atoms with Crippen molar-refractivity contribution in [2.75, 3.05) is 0 Å². The van der Waals surface area contributed by atoms with Crippen LogP contribution in [0, 0.1) is 11.3 Å². The Hall–Kier alpha value is -2.49. The number of aryl methyl sites for hydroxylation is 1. The Balaban J connectivity index is 2.58. The lowest BCUT2D eigenvalue weighted by Gasteiger charge is -2.07. The fourth-order valence-corrected chi connectivity index (χ4v) is 1.89. The third-order valence-electron chi connectivity index (χ3n) is 2.78. The summed E-state index contributed by atoms with van der Waals surface area (Å²) in [5.41, 5.74) is 0.730. The van der Waals surface area contributed by atoms with Gasteiger partial charge in [0.05, 0.1) is 11.0 Å². The molecule has 0 aliphatic heterocycles. The molecular formula is C13H10F3N3O. The molecule has 0 spiro atoms. The molecule has 0 bridgehead atoms. The van der Waals surface area contributed by atoms with Crippen molar-refractivity contribution in [3.63, 3.8) is 0 Å². The molecule has 2 aromatic rings. The summed E-state index contributed by atoms with van der Waals surface area (Å²) >= 11 is 0. The number of fused-ring (bicyclic) bond motifs is 1. The Bertz CT molecular complexity index is 723. The SMILES string of the molecule is Cn1c(/C(C#N)=C(\O)CC(F)(F)F)nc2ccccc21. The van der Waals surface area contributed by atoms with Gasteiger partial charge < -0.3 is 9.67 Å². The number of aliphatic hydroxyl groups is 1. The molecule has 0 aliphatic rings. The van der Waals surface area contributed by atoms with Crippen molar-refractivity contribution in [3.05, 3.63) is 35.8 Å². The fraction of sp³-hybridized carbons (Fsp3) is 0.231. The van der Waals surface area contributed by atoms with Gasteiger partial charge in [-0.05, 0) is 12.1 Å². The first-order chi connectivity index (χ1) is 9.33. The number of alkyl halides is 3. The number of rotatable bonds is 2. The molecule has 0 saturated heterocycles. The third-order valence-corrected chi connectivity index (χ3v) is 2.78. The van der Waals surface area contributed by atoms with Crippen molar-refractivity contribution >= 4 is 16.6 Å². The molecule has 0 radical (unpaired) electrons. The van der Waals surface area contributed by atoms with E-state index in [1.54, 1.807) is 37.4 Å². The van der Waals surface area contributed by atoms with Crippen LogP contribution in [-0.2, 0) is 7.05 Å². The van der Waals surface area contributed by atoms with E-state index in [2.05, 4.69) is 4.98 Å². The number of halogens is 3. The van der Waals surface area contributed by atoms with E-state index in [1.807, 2.05) is 0 Å². The molecule has 2 rings (SSSR count). The van der Waals surface area contributed by atoms with Crippen LogP contribution in [0.3, 0.4) is 0 Å². The Labute approximate surface area is 112 Å². The van der Waals surface area contributed by atoms with Crippen LogP contribution in [0.15, 0.2) is 30.0 Å². The largest absolute Gasteiger partial charge is 0.510 e. The molecule has 0 amide bonds. The lowest BCUT2D eigenvalue weighted by Crippen LogP contribution is -2.10. The van der Waals surface area contributed by atoms with E-state index in [-0.39, 0.29) is 5.82 Å². The number of nitriles is 1. The van der Waals surface area contributed by atoms with Gasteiger partial charge in [0.15, 0.2) is 5.82 Å². The minimum Gasteiger partial charge on any atom is -0.510 e. The Morgan fingerprint density at radius 1 is 1.40 bits per heavy atom. The number of hydrogen-bond acceptors (Lipinski definition) is 3. The van der Waals surface area contributed by atoms with Crippen LogP contribution < -0.4 is 0 Å². The number of aromatic nitrogens is 2. The summed E-state index contributed by atoms with van der Waals surface area (Å²) in [6.45, 7) is 0. The smallest absolute Gasteiger partial charge is 0.396 e. The van der Waals surface area contributed by atoms with E-state index in [0.717, 1.165) is 0 Å². The molecule has 1 aromatic heterocycles. The van der Waals surface area contributed by atoms with Gasteiger partial charge in [0.25, 0.3) is 0 Å². The van der Waals surface area contributed by atoms with Gasteiger partial charge in [0.2, 0.25) is 0 Å². The predicted molar refractivity (Wildman–Crippen MR) is 66.5 cm³/mol. The summed E-state index contributed by atoms with van der Waals surface area (Å²) < 4.78 is 38.4. The molecule has 0 aliphatic carbocycles. The monoisotopic (exact) mass is 281 g/mol. The molecule has 0 saturated carbocycles. The summed E-state index contributed by atoms with van der Waals surface area (Å²) in [5, 5.41) is 18.5. The molecular weight excluding hydrogens is 271 g/mol. The molecule has 0 atom stereocenters. The van der Waals surface area contributed by atoms with Crippen LogP contribution in [-0.4, -0.2) is 20.8 Å². The standard InChI is InChI=1S/C13H10F3N3O/c1-19-10-5-3-2-4-9(10)18-12(19)8(7-17)11(20)6-13(14,15)16/h2-5,20H,6H2,1H3/b11-8-. The zero-order valence-electron chi connectivity index (χ0n) is 10.4. The first-order valence-electron chi connectivity index (χ1n) is 5.64. The normalized spacial score (nSPS) is 13.2. The van der Waals surface area contributed by atoms with Crippen molar-refractivity contribution < 1.29 is 18.3 Å². The Kier molecular flexibility index (Phi) is 3.40. The van der Waals surface area contributed by atoms with Gasteiger partial charge in [-0.15, -0.1) is 0 Å². The molecule has 0 unspecified atom stereocenters. The molecule has 0 fully saturated rings. The lowest BCUT2D eigenvalue weighted by molar-refractivity contribution is -0.132. The van der Waals surface area contributed by atoms with E-state index in [1.165, 1.54) is 4.57 Å². The van der Waals surface area contributed by atoms with E-state index in [0.29, 0.717) is 11.0 Å². The van der Waals surface area contributed by atoms with E-state index in [9.17, 15) is 18.3 Å². The average molecular weight is 281 g/mol. The first-order valence-corrected chi connectivity index (χ1v) is 5.64. The van der Waals surface area contributed by atoms with Gasteiger partial charge in [0, 0.05) is 7.05 Å². The van der Waals surface area contributed by atoms with Crippen molar-refractivity contribution in [1.82, 2.24) is 9.55 Å². The maximum absolute atomic E-state index is 12.3. The second-order valence-corrected chi connectivity index (χ2v) is 4.21. The minimum atomic E-state index is -4.59. The van der Waals surface area contributed by atoms with Crippen LogP contribution in [0.25, 0.3) is 16.6 Å². The fourth-order valence-electron chi connectivity index (χ4n) is 1.89. The maximum Gasteiger partial charge on any atom is 0.396 e. The second-order valence-electron chi connectivity index (χ2n) is 4.21. The number of nitrogens with zero attached hydrogens (tertiary/aromatic N) is 3. The molecule has 104 valence electrons. The summed E-state index contributed by atoms with van der Waals surface area (Å²) in [5.74, 6) is -1.02. The van der Waals surface area contributed by atoms with Gasteiger partial charge in [-0.1, -0.05) is 12.1 Å². The summed E-state index contributed by atoms with van der Waals surface area (Å²) in [7, 11) is 1.57. The van der Waals surface area contributed by atoms with E-state index in [4.69, 9.17) is 5.26 Å². The highest BCUT2D eigenvalue weighted by Crippen LogP contribution is 2.28. The number of hydrogen-bond donors (Lipinski definition) is 1. The van der Waals surface area contributed by atoms with Crippen LogP contribution >= 0.6 is 0 Å². The van der Waals surface area contributed by atoms with Gasteiger partial charge in [-0.25, -0.2) is 4.98 Å². The summed E-state index contributed by atoms with van der Waals surface area (Å²) in [6, 6.07) is 8.46. The van der Waals surface area contributed by atoms with Crippen LogP contribution in [0.4, 0.5) is 13.2 Å². The van der Waals surface area contributed by atoms with E-state index < -0.39 is 23.9 Å². The molecule has 4 nitrogen and oxygen atoms in total. The zero-order valence-corrected chi connectivity index (χ0v) is 10.4. The zero-order chi connectivity index (χ0) is 14.9. The van der Waals surface area contributed by atoms with Gasteiger partial charge in [0.1, 0.15) is 23.8 Å². The molecule has 1 aromatic carbocycles. The average Bonchev–Trinajstić information content (AvgIpc) is 2.66. The van der Waals surface area contributed by atoms with Crippen molar-refractivity contribution in [2.24, 2.45) is 7.05 Å². The van der Waals surface area contributed by atoms with Gasteiger partial charge >= 0.3 is 6.18 Å². The lowest BCUT2D eigenvalue weighted by atomic mass is 10.2. The maximum atomic E-state index is 12.3. The summed E-state index contributed by atoms with van der Waals surface area (Å²) in [4.78, 5) is 4.09. The molecule has 20 heavy (non-hydrogen) atoms. The predicted octanol–water partition coefficient (Wildman–Crippen LogP) is 3.32. The van der Waals surface area contributed by atoms with Crippen LogP contribution in [0.2, 0.25) is 0 Å². The highest BCUT2D eigenvalue weighted by atomic mass is 19.4. The first kappa shape index (κ1) is 13.9. The van der Waals surface area contributed by atoms with Crippen LogP contribution in [0.1, 0.15) is 12.2 Å². The number of imidazole rings is 1. The highest BCUT2D eigenvalue weighted by molar-refractivity contribution is 5.83. The van der Waals surface area contributed by atoms with Crippen LogP contribution in [0.5, 0.6) is 0 Å². The van der Waals surface area contributed by atoms with Crippen molar-refractivity contribution in [3.8, 4) is 6.07 Å². The Morgan fingerprint density at radius 3 is 2.60 bits per heavy atom. The topological polar surface area (TPSA) is 61.8 Å². The summed E-state index contributed by atoms with van der Waals surface area (Å²) in [6.07, 6.45) is -6.14. The van der Waals surface area contributed by atoms with Gasteiger partial charge in [-0.2, -0.15) is 18.4 Å². The molecule has 1 heterocycles. The quantitative estimate of drug-likeness (QED) is 0.678. The van der Waals surface area contributed by atoms with Crippen molar-refractivity contribution in [1.29, 1.82) is 5.26 Å².